The lowest BCUT2D eigenvalue weighted by Gasteiger charge is -2.14. The molecule has 0 aliphatic rings. The van der Waals surface area contributed by atoms with Gasteiger partial charge >= 0.3 is 0 Å². The zero-order chi connectivity index (χ0) is 19.3. The third-order valence-electron chi connectivity index (χ3n) is 3.41. The average molecular weight is 378 g/mol. The second kappa shape index (κ2) is 8.30. The minimum atomic E-state index is -0.842. The second-order valence-corrected chi connectivity index (χ2v) is 5.84. The van der Waals surface area contributed by atoms with Gasteiger partial charge in [-0.25, -0.2) is 5.43 Å². The van der Waals surface area contributed by atoms with E-state index in [4.69, 9.17) is 16.3 Å². The van der Waals surface area contributed by atoms with Crippen molar-refractivity contribution in [2.45, 2.75) is 20.0 Å². The molecule has 2 aromatic carbocycles. The highest BCUT2D eigenvalue weighted by Crippen LogP contribution is 2.23. The van der Waals surface area contributed by atoms with Crippen molar-refractivity contribution in [1.29, 1.82) is 0 Å². The van der Waals surface area contributed by atoms with Crippen LogP contribution >= 0.6 is 11.6 Å². The molecule has 0 aliphatic carbocycles. The van der Waals surface area contributed by atoms with Crippen LogP contribution in [0.25, 0.3) is 0 Å². The molecule has 2 N–H and O–H groups in total. The number of non-ortho nitro benzene ring substituents is 1. The Morgan fingerprint density at radius 1 is 1.38 bits per heavy atom. The third kappa shape index (κ3) is 4.93. The molecule has 0 spiro atoms. The number of hydrogen-bond donors (Lipinski definition) is 2. The molecule has 0 saturated carbocycles. The number of nitrogens with one attached hydrogen (secondary N) is 1. The molecular weight excluding hydrogens is 362 g/mol. The zero-order valence-electron chi connectivity index (χ0n) is 14.0. The largest absolute Gasteiger partial charge is 0.507 e. The van der Waals surface area contributed by atoms with Crippen LogP contribution in [0.1, 0.15) is 18.1 Å². The van der Waals surface area contributed by atoms with Crippen LogP contribution in [0.4, 0.5) is 5.69 Å². The molecular formula is C17H16ClN3O5. The van der Waals surface area contributed by atoms with Gasteiger partial charge in [-0.1, -0.05) is 11.6 Å². The van der Waals surface area contributed by atoms with Gasteiger partial charge in [0.25, 0.3) is 11.6 Å². The van der Waals surface area contributed by atoms with Crippen molar-refractivity contribution in [3.05, 3.63) is 62.7 Å². The minimum Gasteiger partial charge on any atom is -0.507 e. The molecule has 0 aromatic heterocycles. The summed E-state index contributed by atoms with van der Waals surface area (Å²) in [5.74, 6) is -0.215. The van der Waals surface area contributed by atoms with E-state index >= 15 is 0 Å². The van der Waals surface area contributed by atoms with Gasteiger partial charge < -0.3 is 9.84 Å². The number of phenols is 1. The van der Waals surface area contributed by atoms with Crippen LogP contribution in [0.3, 0.4) is 0 Å². The summed E-state index contributed by atoms with van der Waals surface area (Å²) < 4.78 is 5.56. The lowest BCUT2D eigenvalue weighted by molar-refractivity contribution is -0.384. The van der Waals surface area contributed by atoms with E-state index in [0.717, 1.165) is 23.9 Å². The highest BCUT2D eigenvalue weighted by molar-refractivity contribution is 6.30. The Morgan fingerprint density at radius 2 is 2.12 bits per heavy atom. The molecule has 2 rings (SSSR count). The number of nitro benzene ring substituents is 1. The van der Waals surface area contributed by atoms with Crippen LogP contribution in [0.2, 0.25) is 5.02 Å². The van der Waals surface area contributed by atoms with Crippen LogP contribution in [-0.2, 0) is 4.79 Å². The molecule has 2 aromatic rings. The summed E-state index contributed by atoms with van der Waals surface area (Å²) in [6.45, 7) is 3.35. The summed E-state index contributed by atoms with van der Waals surface area (Å²) in [7, 11) is 0. The second-order valence-electron chi connectivity index (χ2n) is 5.40. The van der Waals surface area contributed by atoms with E-state index in [2.05, 4.69) is 10.5 Å². The third-order valence-corrected chi connectivity index (χ3v) is 3.65. The fraction of sp³-hybridized carbons (Fsp3) is 0.176. The number of aromatic hydroxyl groups is 1. The number of rotatable bonds is 6. The maximum atomic E-state index is 12.0. The predicted octanol–water partition coefficient (Wildman–Crippen LogP) is 3.18. The molecule has 0 heterocycles. The van der Waals surface area contributed by atoms with Gasteiger partial charge in [0.1, 0.15) is 11.5 Å². The Hall–Kier alpha value is -3.13. The van der Waals surface area contributed by atoms with Crippen LogP contribution < -0.4 is 10.2 Å². The number of halogens is 1. The fourth-order valence-corrected chi connectivity index (χ4v) is 2.23. The van der Waals surface area contributed by atoms with Gasteiger partial charge in [0, 0.05) is 22.7 Å². The number of aryl methyl sites for hydroxylation is 1. The number of ether oxygens (including phenoxy) is 1. The monoisotopic (exact) mass is 377 g/mol. The number of amides is 1. The molecule has 0 bridgehead atoms. The van der Waals surface area contributed by atoms with Gasteiger partial charge in [-0.15, -0.1) is 0 Å². The molecule has 136 valence electrons. The van der Waals surface area contributed by atoms with E-state index < -0.39 is 16.9 Å². The lowest BCUT2D eigenvalue weighted by atomic mass is 10.2. The van der Waals surface area contributed by atoms with Crippen molar-refractivity contribution < 1.29 is 19.6 Å². The van der Waals surface area contributed by atoms with Crippen molar-refractivity contribution >= 4 is 29.4 Å². The highest BCUT2D eigenvalue weighted by Gasteiger charge is 2.15. The maximum absolute atomic E-state index is 12.0. The number of phenolic OH excluding ortho intramolecular Hbond substituents is 1. The van der Waals surface area contributed by atoms with Crippen molar-refractivity contribution in [1.82, 2.24) is 5.43 Å². The van der Waals surface area contributed by atoms with Crippen molar-refractivity contribution in [2.75, 3.05) is 0 Å². The summed E-state index contributed by atoms with van der Waals surface area (Å²) in [5.41, 5.74) is 2.93. The SMILES string of the molecule is Cc1cc(Cl)ccc1OC(C)C(=O)N/N=C/c1cc([N+](=O)[O-])ccc1O. The quantitative estimate of drug-likeness (QED) is 0.456. The van der Waals surface area contributed by atoms with Crippen molar-refractivity contribution in [3.63, 3.8) is 0 Å². The topological polar surface area (TPSA) is 114 Å². The minimum absolute atomic E-state index is 0.0987. The molecule has 0 aliphatic heterocycles. The van der Waals surface area contributed by atoms with Gasteiger partial charge in [-0.05, 0) is 43.7 Å². The maximum Gasteiger partial charge on any atom is 0.280 e. The van der Waals surface area contributed by atoms with E-state index in [1.807, 2.05) is 0 Å². The first kappa shape index (κ1) is 19.2. The highest BCUT2D eigenvalue weighted by atomic mass is 35.5. The number of nitrogens with zero attached hydrogens (tertiary/aromatic N) is 2. The normalized spacial score (nSPS) is 12.0. The van der Waals surface area contributed by atoms with Crippen molar-refractivity contribution in [3.8, 4) is 11.5 Å². The molecule has 1 unspecified atom stereocenters. The number of carbonyl (C=O) groups excluding carboxylic acids is 1. The average Bonchev–Trinajstić information content (AvgIpc) is 2.58. The lowest BCUT2D eigenvalue weighted by Crippen LogP contribution is -2.33. The molecule has 8 nitrogen and oxygen atoms in total. The summed E-state index contributed by atoms with van der Waals surface area (Å²) >= 11 is 5.87. The number of hydrogen-bond acceptors (Lipinski definition) is 6. The first-order chi connectivity index (χ1) is 12.3. The predicted molar refractivity (Wildman–Crippen MR) is 96.8 cm³/mol. The van der Waals surface area contributed by atoms with E-state index in [-0.39, 0.29) is 17.0 Å². The summed E-state index contributed by atoms with van der Waals surface area (Å²) in [5, 5.41) is 24.7. The Labute approximate surface area is 154 Å². The van der Waals surface area contributed by atoms with E-state index in [9.17, 15) is 20.0 Å². The summed E-state index contributed by atoms with van der Waals surface area (Å²) in [6.07, 6.45) is 0.270. The van der Waals surface area contributed by atoms with Gasteiger partial charge in [0.05, 0.1) is 11.1 Å². The zero-order valence-corrected chi connectivity index (χ0v) is 14.7. The molecule has 9 heteroatoms. The van der Waals surface area contributed by atoms with E-state index in [0.29, 0.717) is 10.8 Å². The smallest absolute Gasteiger partial charge is 0.280 e. The molecule has 0 fully saturated rings. The van der Waals surface area contributed by atoms with Crippen LogP contribution in [0.15, 0.2) is 41.5 Å². The molecule has 1 atom stereocenters. The molecule has 0 saturated heterocycles. The van der Waals surface area contributed by atoms with Gasteiger partial charge in [-0.2, -0.15) is 5.10 Å². The fourth-order valence-electron chi connectivity index (χ4n) is 2.00. The Balaban J connectivity index is 2.00. The molecule has 26 heavy (non-hydrogen) atoms. The van der Waals surface area contributed by atoms with E-state index in [1.54, 1.807) is 32.0 Å². The van der Waals surface area contributed by atoms with Crippen LogP contribution in [-0.4, -0.2) is 28.3 Å². The number of benzene rings is 2. The standard InChI is InChI=1S/C17H16ClN3O5/c1-10-7-13(18)3-6-16(10)26-11(2)17(23)20-19-9-12-8-14(21(24)25)4-5-15(12)22/h3-9,11,22H,1-2H3,(H,20,23)/b19-9+. The number of hydrazone groups is 1. The summed E-state index contributed by atoms with van der Waals surface area (Å²) in [6, 6.07) is 8.50. The van der Waals surface area contributed by atoms with Crippen LogP contribution in [0, 0.1) is 17.0 Å². The van der Waals surface area contributed by atoms with Crippen LogP contribution in [0.5, 0.6) is 11.5 Å². The Bertz CT molecular complexity index is 869. The summed E-state index contributed by atoms with van der Waals surface area (Å²) in [4.78, 5) is 22.2. The van der Waals surface area contributed by atoms with E-state index in [1.165, 1.54) is 6.07 Å². The van der Waals surface area contributed by atoms with Gasteiger partial charge in [0.15, 0.2) is 6.10 Å². The number of carbonyl (C=O) groups is 1. The van der Waals surface area contributed by atoms with Crippen molar-refractivity contribution in [2.24, 2.45) is 5.10 Å². The number of nitro groups is 1. The Morgan fingerprint density at radius 3 is 2.77 bits per heavy atom. The van der Waals surface area contributed by atoms with Gasteiger partial charge in [-0.3, -0.25) is 14.9 Å². The Kier molecular flexibility index (Phi) is 6.13. The molecule has 0 radical (unpaired) electrons. The first-order valence-corrected chi connectivity index (χ1v) is 7.89. The first-order valence-electron chi connectivity index (χ1n) is 7.51. The molecule has 1 amide bonds. The van der Waals surface area contributed by atoms with Gasteiger partial charge in [0.2, 0.25) is 0 Å².